The van der Waals surface area contributed by atoms with E-state index in [1.165, 1.54) is 5.56 Å². The van der Waals surface area contributed by atoms with Crippen LogP contribution in [0.4, 0.5) is 11.8 Å². The zero-order valence-corrected chi connectivity index (χ0v) is 19.4. The first kappa shape index (κ1) is 23.1. The Morgan fingerprint density at radius 3 is 2.79 bits per heavy atom. The predicted molar refractivity (Wildman–Crippen MR) is 126 cm³/mol. The maximum absolute atomic E-state index is 6.06. The van der Waals surface area contributed by atoms with E-state index < -0.39 is 0 Å². The fraction of sp³-hybridized carbons (Fsp3) is 0.400. The molecule has 1 atom stereocenters. The second-order valence-electron chi connectivity index (χ2n) is 8.28. The summed E-state index contributed by atoms with van der Waals surface area (Å²) in [4.78, 5) is 15.5. The van der Waals surface area contributed by atoms with E-state index in [-0.39, 0.29) is 12.2 Å². The van der Waals surface area contributed by atoms with Crippen molar-refractivity contribution in [1.82, 2.24) is 19.9 Å². The van der Waals surface area contributed by atoms with Gasteiger partial charge in [-0.3, -0.25) is 4.90 Å². The molecule has 4 rings (SSSR count). The summed E-state index contributed by atoms with van der Waals surface area (Å²) in [5.74, 6) is 2.10. The third kappa shape index (κ3) is 6.47. The van der Waals surface area contributed by atoms with Gasteiger partial charge in [0, 0.05) is 44.7 Å². The molecule has 8 nitrogen and oxygen atoms in total. The van der Waals surface area contributed by atoms with Gasteiger partial charge in [-0.2, -0.15) is 0 Å². The van der Waals surface area contributed by atoms with Gasteiger partial charge >= 0.3 is 0 Å². The highest BCUT2D eigenvalue weighted by Crippen LogP contribution is 2.26. The highest BCUT2D eigenvalue weighted by molar-refractivity contribution is 5.47. The van der Waals surface area contributed by atoms with Crippen molar-refractivity contribution in [3.05, 3.63) is 71.7 Å². The predicted octanol–water partition coefficient (Wildman–Crippen LogP) is 4.12. The summed E-state index contributed by atoms with van der Waals surface area (Å²) in [6, 6.07) is 14.0. The first-order valence-corrected chi connectivity index (χ1v) is 11.2. The average molecular weight is 450 g/mol. The fourth-order valence-corrected chi connectivity index (χ4v) is 3.83. The van der Waals surface area contributed by atoms with Gasteiger partial charge in [-0.15, -0.1) is 0 Å². The van der Waals surface area contributed by atoms with E-state index in [1.54, 1.807) is 25.6 Å². The number of pyridine rings is 1. The third-order valence-electron chi connectivity index (χ3n) is 5.25. The van der Waals surface area contributed by atoms with Crippen molar-refractivity contribution in [2.45, 2.75) is 39.2 Å². The van der Waals surface area contributed by atoms with Crippen molar-refractivity contribution in [2.24, 2.45) is 0 Å². The van der Waals surface area contributed by atoms with E-state index >= 15 is 0 Å². The molecule has 3 aromatic rings. The molecule has 8 heteroatoms. The van der Waals surface area contributed by atoms with Gasteiger partial charge in [0.15, 0.2) is 0 Å². The number of hydrogen-bond donors (Lipinski definition) is 1. The lowest BCUT2D eigenvalue weighted by molar-refractivity contribution is -0.0349. The zero-order valence-electron chi connectivity index (χ0n) is 19.4. The number of morpholine rings is 1. The second-order valence-corrected chi connectivity index (χ2v) is 8.28. The summed E-state index contributed by atoms with van der Waals surface area (Å²) in [6.45, 7) is 7.71. The maximum Gasteiger partial charge on any atom is 0.228 e. The number of nitrogens with zero attached hydrogens (tertiary/aromatic N) is 4. The van der Waals surface area contributed by atoms with Crippen molar-refractivity contribution in [1.29, 1.82) is 0 Å². The lowest BCUT2D eigenvalue weighted by atomic mass is 10.1. The molecular weight excluding hydrogens is 418 g/mol. The molecule has 1 saturated heterocycles. The van der Waals surface area contributed by atoms with Crippen LogP contribution < -0.4 is 10.1 Å². The van der Waals surface area contributed by atoms with Gasteiger partial charge in [0.05, 0.1) is 25.0 Å². The summed E-state index contributed by atoms with van der Waals surface area (Å²) in [5.41, 5.74) is 3.18. The largest absolute Gasteiger partial charge is 0.491 e. The number of methoxy groups -OCH3 is 1. The van der Waals surface area contributed by atoms with E-state index in [1.807, 2.05) is 38.1 Å². The molecule has 0 unspecified atom stereocenters. The summed E-state index contributed by atoms with van der Waals surface area (Å²) < 4.78 is 17.4. The second kappa shape index (κ2) is 11.2. The van der Waals surface area contributed by atoms with Gasteiger partial charge in [0.2, 0.25) is 5.95 Å². The van der Waals surface area contributed by atoms with Gasteiger partial charge in [0.25, 0.3) is 0 Å². The Morgan fingerprint density at radius 1 is 1.15 bits per heavy atom. The minimum Gasteiger partial charge on any atom is -0.491 e. The van der Waals surface area contributed by atoms with E-state index in [4.69, 9.17) is 19.2 Å². The number of anilines is 2. The van der Waals surface area contributed by atoms with Crippen LogP contribution in [0.25, 0.3) is 0 Å². The first-order valence-electron chi connectivity index (χ1n) is 11.2. The molecular formula is C25H31N5O3. The molecule has 1 aromatic carbocycles. The number of benzene rings is 1. The molecule has 2 aromatic heterocycles. The molecule has 0 amide bonds. The molecule has 0 saturated carbocycles. The summed E-state index contributed by atoms with van der Waals surface area (Å²) in [5, 5.41) is 3.15. The van der Waals surface area contributed by atoms with Gasteiger partial charge in [-0.25, -0.2) is 15.0 Å². The molecule has 1 fully saturated rings. The molecule has 174 valence electrons. The van der Waals surface area contributed by atoms with Gasteiger partial charge in [0.1, 0.15) is 17.7 Å². The molecule has 0 aliphatic carbocycles. The SMILES string of the molecule is COCc1cc(CN2CCO[C@H](c3cccc(Nc4ncccn4)n3)C2)ccc1OC(C)C. The quantitative estimate of drug-likeness (QED) is 0.522. The van der Waals surface area contributed by atoms with Crippen LogP contribution in [0.1, 0.15) is 36.8 Å². The van der Waals surface area contributed by atoms with Crippen molar-refractivity contribution >= 4 is 11.8 Å². The first-order chi connectivity index (χ1) is 16.1. The Balaban J connectivity index is 1.43. The molecule has 1 aliphatic rings. The Morgan fingerprint density at radius 2 is 2.00 bits per heavy atom. The van der Waals surface area contributed by atoms with Crippen LogP contribution in [0.2, 0.25) is 0 Å². The molecule has 0 radical (unpaired) electrons. The van der Waals surface area contributed by atoms with Gasteiger partial charge in [-0.05, 0) is 49.7 Å². The fourth-order valence-electron chi connectivity index (χ4n) is 3.83. The van der Waals surface area contributed by atoms with Crippen molar-refractivity contribution < 1.29 is 14.2 Å². The summed E-state index contributed by atoms with van der Waals surface area (Å²) in [6.07, 6.45) is 3.42. The van der Waals surface area contributed by atoms with E-state index in [2.05, 4.69) is 32.3 Å². The average Bonchev–Trinajstić information content (AvgIpc) is 2.82. The molecule has 1 N–H and O–H groups in total. The van der Waals surface area contributed by atoms with Crippen molar-refractivity contribution in [3.8, 4) is 5.75 Å². The minimum absolute atomic E-state index is 0.0980. The summed E-state index contributed by atoms with van der Waals surface area (Å²) in [7, 11) is 1.71. The van der Waals surface area contributed by atoms with Crippen molar-refractivity contribution in [2.75, 3.05) is 32.1 Å². The topological polar surface area (TPSA) is 81.6 Å². The number of nitrogens with one attached hydrogen (secondary N) is 1. The Kier molecular flexibility index (Phi) is 7.83. The number of aromatic nitrogens is 3. The van der Waals surface area contributed by atoms with Crippen LogP contribution in [0.15, 0.2) is 54.9 Å². The van der Waals surface area contributed by atoms with Gasteiger partial charge in [-0.1, -0.05) is 12.1 Å². The van der Waals surface area contributed by atoms with E-state index in [0.29, 0.717) is 25.0 Å². The molecule has 3 heterocycles. The third-order valence-corrected chi connectivity index (χ3v) is 5.25. The standard InChI is InChI=1S/C25H31N5O3/c1-18(2)33-22-9-8-19(14-20(22)17-31-3)15-30-12-13-32-23(16-30)21-6-4-7-24(28-21)29-25-26-10-5-11-27-25/h4-11,14,18,23H,12-13,15-17H2,1-3H3,(H,26,27,28,29)/t23-/m0/s1. The summed E-state index contributed by atoms with van der Waals surface area (Å²) >= 11 is 0. The Hall–Kier alpha value is -3.07. The number of ether oxygens (including phenoxy) is 3. The molecule has 33 heavy (non-hydrogen) atoms. The zero-order chi connectivity index (χ0) is 23.0. The maximum atomic E-state index is 6.06. The van der Waals surface area contributed by atoms with Crippen LogP contribution in [-0.4, -0.2) is 52.8 Å². The smallest absolute Gasteiger partial charge is 0.228 e. The highest BCUT2D eigenvalue weighted by Gasteiger charge is 2.23. The number of hydrogen-bond acceptors (Lipinski definition) is 8. The van der Waals surface area contributed by atoms with Crippen LogP contribution in [0.5, 0.6) is 5.75 Å². The van der Waals surface area contributed by atoms with Crippen LogP contribution in [0, 0.1) is 0 Å². The van der Waals surface area contributed by atoms with E-state index in [9.17, 15) is 0 Å². The van der Waals surface area contributed by atoms with Crippen LogP contribution >= 0.6 is 0 Å². The van der Waals surface area contributed by atoms with Crippen LogP contribution in [0.3, 0.4) is 0 Å². The van der Waals surface area contributed by atoms with Crippen LogP contribution in [-0.2, 0) is 22.6 Å². The van der Waals surface area contributed by atoms with E-state index in [0.717, 1.165) is 36.6 Å². The molecule has 0 bridgehead atoms. The highest BCUT2D eigenvalue weighted by atomic mass is 16.5. The Labute approximate surface area is 194 Å². The van der Waals surface area contributed by atoms with Crippen molar-refractivity contribution in [3.63, 3.8) is 0 Å². The lowest BCUT2D eigenvalue weighted by Gasteiger charge is -2.33. The van der Waals surface area contributed by atoms with Gasteiger partial charge < -0.3 is 19.5 Å². The Bertz CT molecular complexity index is 1030. The monoisotopic (exact) mass is 449 g/mol. The normalized spacial score (nSPS) is 16.7. The minimum atomic E-state index is -0.0980. The molecule has 0 spiro atoms. The lowest BCUT2D eigenvalue weighted by Crippen LogP contribution is -2.38. The number of rotatable bonds is 9. The molecule has 1 aliphatic heterocycles.